The van der Waals surface area contributed by atoms with Crippen LogP contribution in [0.5, 0.6) is 0 Å². The number of pyridine rings is 1. The van der Waals surface area contributed by atoms with Crippen molar-refractivity contribution < 1.29 is 0 Å². The Balaban J connectivity index is 1.88. The lowest BCUT2D eigenvalue weighted by Crippen LogP contribution is -2.30. The molecule has 0 aliphatic carbocycles. The summed E-state index contributed by atoms with van der Waals surface area (Å²) >= 11 is 0. The molecule has 2 aromatic rings. The highest BCUT2D eigenvalue weighted by Gasteiger charge is 2.32. The van der Waals surface area contributed by atoms with E-state index in [0.717, 1.165) is 19.5 Å². The number of hydrogen-bond donors (Lipinski definition) is 1. The Bertz CT molecular complexity index is 541. The molecule has 3 heteroatoms. The monoisotopic (exact) mass is 281 g/mol. The first kappa shape index (κ1) is 14.2. The second kappa shape index (κ2) is 6.83. The molecule has 1 aliphatic rings. The summed E-state index contributed by atoms with van der Waals surface area (Å²) in [5, 5.41) is 0. The third-order valence-electron chi connectivity index (χ3n) is 4.39. The standard InChI is InChI=1S/C18H23N3/c19-11-10-18(15-6-2-1-3-7-15)21-13-5-9-17(21)16-8-4-12-20-14-16/h1-4,6-8,12,14,17-18H,5,9-11,13,19H2. The molecule has 1 fully saturated rings. The molecule has 0 radical (unpaired) electrons. The molecule has 3 rings (SSSR count). The molecule has 1 aromatic heterocycles. The summed E-state index contributed by atoms with van der Waals surface area (Å²) in [5.41, 5.74) is 8.58. The topological polar surface area (TPSA) is 42.1 Å². The van der Waals surface area contributed by atoms with E-state index in [2.05, 4.69) is 46.3 Å². The molecular formula is C18H23N3. The second-order valence-corrected chi connectivity index (χ2v) is 5.69. The maximum atomic E-state index is 5.88. The number of aromatic nitrogens is 1. The predicted molar refractivity (Wildman–Crippen MR) is 85.8 cm³/mol. The summed E-state index contributed by atoms with van der Waals surface area (Å²) in [6.07, 6.45) is 7.30. The van der Waals surface area contributed by atoms with E-state index in [1.165, 1.54) is 24.0 Å². The SMILES string of the molecule is NCCC(c1ccccc1)N1CCCC1c1cccnc1. The minimum Gasteiger partial charge on any atom is -0.330 e. The fourth-order valence-corrected chi connectivity index (χ4v) is 3.45. The van der Waals surface area contributed by atoms with Crippen LogP contribution in [0.15, 0.2) is 54.9 Å². The zero-order chi connectivity index (χ0) is 14.5. The van der Waals surface area contributed by atoms with E-state index in [1.54, 1.807) is 0 Å². The first-order valence-electron chi connectivity index (χ1n) is 7.81. The average molecular weight is 281 g/mol. The van der Waals surface area contributed by atoms with Crippen molar-refractivity contribution in [1.29, 1.82) is 0 Å². The molecule has 0 spiro atoms. The van der Waals surface area contributed by atoms with Gasteiger partial charge in [0.25, 0.3) is 0 Å². The molecule has 21 heavy (non-hydrogen) atoms. The molecule has 0 saturated carbocycles. The summed E-state index contributed by atoms with van der Waals surface area (Å²) in [7, 11) is 0. The van der Waals surface area contributed by atoms with E-state index in [1.807, 2.05) is 18.5 Å². The second-order valence-electron chi connectivity index (χ2n) is 5.69. The Morgan fingerprint density at radius 2 is 2.05 bits per heavy atom. The lowest BCUT2D eigenvalue weighted by atomic mass is 9.99. The zero-order valence-electron chi connectivity index (χ0n) is 12.4. The van der Waals surface area contributed by atoms with Gasteiger partial charge in [-0.05, 0) is 49.5 Å². The van der Waals surface area contributed by atoms with Crippen molar-refractivity contribution in [2.75, 3.05) is 13.1 Å². The van der Waals surface area contributed by atoms with E-state index < -0.39 is 0 Å². The van der Waals surface area contributed by atoms with Crippen molar-refractivity contribution in [2.45, 2.75) is 31.3 Å². The minimum absolute atomic E-state index is 0.406. The van der Waals surface area contributed by atoms with Crippen LogP contribution in [-0.2, 0) is 0 Å². The Kier molecular flexibility index (Phi) is 4.63. The van der Waals surface area contributed by atoms with Crippen LogP contribution in [0.1, 0.15) is 42.5 Å². The van der Waals surface area contributed by atoms with Crippen molar-refractivity contribution in [2.24, 2.45) is 5.73 Å². The van der Waals surface area contributed by atoms with Gasteiger partial charge < -0.3 is 5.73 Å². The van der Waals surface area contributed by atoms with Crippen LogP contribution in [-0.4, -0.2) is 23.0 Å². The number of benzene rings is 1. The smallest absolute Gasteiger partial charge is 0.0370 e. The van der Waals surface area contributed by atoms with Gasteiger partial charge in [0.1, 0.15) is 0 Å². The number of nitrogens with zero attached hydrogens (tertiary/aromatic N) is 2. The summed E-state index contributed by atoms with van der Waals surface area (Å²) in [5.74, 6) is 0. The van der Waals surface area contributed by atoms with Crippen LogP contribution in [0.3, 0.4) is 0 Å². The van der Waals surface area contributed by atoms with Crippen molar-refractivity contribution in [1.82, 2.24) is 9.88 Å². The fraction of sp³-hybridized carbons (Fsp3) is 0.389. The van der Waals surface area contributed by atoms with Gasteiger partial charge in [-0.15, -0.1) is 0 Å². The number of rotatable bonds is 5. The average Bonchev–Trinajstić information content (AvgIpc) is 3.03. The van der Waals surface area contributed by atoms with Gasteiger partial charge in [-0.2, -0.15) is 0 Å². The Labute approximate surface area is 126 Å². The Morgan fingerprint density at radius 1 is 1.19 bits per heavy atom. The minimum atomic E-state index is 0.406. The molecule has 2 unspecified atom stereocenters. The summed E-state index contributed by atoms with van der Waals surface area (Å²) in [4.78, 5) is 6.90. The fourth-order valence-electron chi connectivity index (χ4n) is 3.45. The van der Waals surface area contributed by atoms with Crippen LogP contribution in [0.25, 0.3) is 0 Å². The maximum Gasteiger partial charge on any atom is 0.0370 e. The lowest BCUT2D eigenvalue weighted by Gasteiger charge is -2.33. The molecule has 0 bridgehead atoms. The van der Waals surface area contributed by atoms with Crippen LogP contribution >= 0.6 is 0 Å². The van der Waals surface area contributed by atoms with Gasteiger partial charge in [0.15, 0.2) is 0 Å². The molecule has 0 amide bonds. The van der Waals surface area contributed by atoms with Crippen LogP contribution < -0.4 is 5.73 Å². The molecule has 110 valence electrons. The Morgan fingerprint density at radius 3 is 2.76 bits per heavy atom. The number of likely N-dealkylation sites (tertiary alicyclic amines) is 1. The van der Waals surface area contributed by atoms with Gasteiger partial charge in [0, 0.05) is 24.5 Å². The zero-order valence-corrected chi connectivity index (χ0v) is 12.4. The summed E-state index contributed by atoms with van der Waals surface area (Å²) in [6.45, 7) is 1.86. The summed E-state index contributed by atoms with van der Waals surface area (Å²) < 4.78 is 0. The molecule has 3 nitrogen and oxygen atoms in total. The molecule has 1 saturated heterocycles. The van der Waals surface area contributed by atoms with Gasteiger partial charge in [-0.1, -0.05) is 36.4 Å². The van der Waals surface area contributed by atoms with Gasteiger partial charge in [-0.3, -0.25) is 9.88 Å². The first-order valence-corrected chi connectivity index (χ1v) is 7.81. The van der Waals surface area contributed by atoms with E-state index in [4.69, 9.17) is 5.73 Å². The molecule has 2 N–H and O–H groups in total. The molecule has 2 atom stereocenters. The number of nitrogens with two attached hydrogens (primary N) is 1. The van der Waals surface area contributed by atoms with Crippen molar-refractivity contribution >= 4 is 0 Å². The molecule has 1 aromatic carbocycles. The van der Waals surface area contributed by atoms with Crippen LogP contribution in [0, 0.1) is 0 Å². The van der Waals surface area contributed by atoms with Gasteiger partial charge in [0.05, 0.1) is 0 Å². The van der Waals surface area contributed by atoms with Crippen LogP contribution in [0.2, 0.25) is 0 Å². The predicted octanol–water partition coefficient (Wildman–Crippen LogP) is 3.31. The largest absolute Gasteiger partial charge is 0.330 e. The van der Waals surface area contributed by atoms with Crippen molar-refractivity contribution in [3.8, 4) is 0 Å². The third kappa shape index (κ3) is 3.14. The highest BCUT2D eigenvalue weighted by Crippen LogP contribution is 2.39. The highest BCUT2D eigenvalue weighted by atomic mass is 15.2. The van der Waals surface area contributed by atoms with E-state index in [0.29, 0.717) is 12.1 Å². The van der Waals surface area contributed by atoms with Gasteiger partial charge in [0.2, 0.25) is 0 Å². The highest BCUT2D eigenvalue weighted by molar-refractivity contribution is 5.22. The van der Waals surface area contributed by atoms with E-state index >= 15 is 0 Å². The first-order chi connectivity index (χ1) is 10.4. The normalized spacial score (nSPS) is 20.5. The van der Waals surface area contributed by atoms with E-state index in [-0.39, 0.29) is 0 Å². The lowest BCUT2D eigenvalue weighted by molar-refractivity contribution is 0.173. The Hall–Kier alpha value is -1.71. The van der Waals surface area contributed by atoms with Crippen molar-refractivity contribution in [3.63, 3.8) is 0 Å². The number of hydrogen-bond acceptors (Lipinski definition) is 3. The maximum absolute atomic E-state index is 5.88. The van der Waals surface area contributed by atoms with E-state index in [9.17, 15) is 0 Å². The quantitative estimate of drug-likeness (QED) is 0.914. The van der Waals surface area contributed by atoms with Gasteiger partial charge in [-0.25, -0.2) is 0 Å². The third-order valence-corrected chi connectivity index (χ3v) is 4.39. The van der Waals surface area contributed by atoms with Crippen molar-refractivity contribution in [3.05, 3.63) is 66.0 Å². The van der Waals surface area contributed by atoms with Crippen LogP contribution in [0.4, 0.5) is 0 Å². The van der Waals surface area contributed by atoms with Gasteiger partial charge >= 0.3 is 0 Å². The summed E-state index contributed by atoms with van der Waals surface area (Å²) in [6, 6.07) is 15.9. The molecular weight excluding hydrogens is 258 g/mol. The molecule has 1 aliphatic heterocycles. The molecule has 2 heterocycles.